The summed E-state index contributed by atoms with van der Waals surface area (Å²) in [6.45, 7) is 1.25. The van der Waals surface area contributed by atoms with Crippen LogP contribution in [0.25, 0.3) is 0 Å². The van der Waals surface area contributed by atoms with Crippen LogP contribution in [0.2, 0.25) is 0 Å². The van der Waals surface area contributed by atoms with E-state index in [1.165, 1.54) is 0 Å². The molecule has 21 heavy (non-hydrogen) atoms. The molecule has 6 heteroatoms. The van der Waals surface area contributed by atoms with Crippen LogP contribution in [0.4, 0.5) is 5.69 Å². The van der Waals surface area contributed by atoms with Gasteiger partial charge < -0.3 is 14.8 Å². The molecule has 5 nitrogen and oxygen atoms in total. The largest absolute Gasteiger partial charge is 0.490 e. The van der Waals surface area contributed by atoms with Gasteiger partial charge in [-0.05, 0) is 40.2 Å². The summed E-state index contributed by atoms with van der Waals surface area (Å²) >= 11 is 3.25. The van der Waals surface area contributed by atoms with Crippen molar-refractivity contribution in [3.8, 4) is 11.5 Å². The number of rotatable bonds is 2. The number of nitrogens with zero attached hydrogens (tertiary/aromatic N) is 1. The van der Waals surface area contributed by atoms with E-state index < -0.39 is 0 Å². The summed E-state index contributed by atoms with van der Waals surface area (Å²) in [5.74, 6) is 1.07. The first-order chi connectivity index (χ1) is 10.2. The molecular formula is C15H13BrN2O3. The number of hydrogen-bond acceptors (Lipinski definition) is 4. The molecule has 0 fully saturated rings. The Balaban J connectivity index is 1.79. The lowest BCUT2D eigenvalue weighted by Gasteiger charge is -2.10. The Morgan fingerprint density at radius 1 is 1.14 bits per heavy atom. The van der Waals surface area contributed by atoms with Crippen LogP contribution in [0.1, 0.15) is 16.9 Å². The van der Waals surface area contributed by atoms with Gasteiger partial charge in [-0.3, -0.25) is 4.79 Å². The van der Waals surface area contributed by atoms with Crippen molar-refractivity contribution in [1.29, 1.82) is 0 Å². The maximum Gasteiger partial charge on any atom is 0.274 e. The van der Waals surface area contributed by atoms with E-state index in [1.807, 2.05) is 0 Å². The van der Waals surface area contributed by atoms with Crippen molar-refractivity contribution in [2.45, 2.75) is 6.42 Å². The summed E-state index contributed by atoms with van der Waals surface area (Å²) in [5.41, 5.74) is 0.988. The second-order valence-electron chi connectivity index (χ2n) is 4.51. The first-order valence-corrected chi connectivity index (χ1v) is 7.35. The lowest BCUT2D eigenvalue weighted by atomic mass is 10.2. The fourth-order valence-corrected chi connectivity index (χ4v) is 2.31. The zero-order valence-electron chi connectivity index (χ0n) is 11.1. The van der Waals surface area contributed by atoms with Gasteiger partial charge in [-0.2, -0.15) is 0 Å². The van der Waals surface area contributed by atoms with Gasteiger partial charge in [0.05, 0.1) is 13.2 Å². The number of benzene rings is 1. The number of carbonyl (C=O) groups excluding carboxylic acids is 1. The number of halogens is 1. The molecule has 0 bridgehead atoms. The molecule has 108 valence electrons. The first-order valence-electron chi connectivity index (χ1n) is 6.56. The molecule has 2 heterocycles. The average molecular weight is 349 g/mol. The van der Waals surface area contributed by atoms with Crippen LogP contribution in [-0.2, 0) is 0 Å². The van der Waals surface area contributed by atoms with Crippen LogP contribution in [0.5, 0.6) is 11.5 Å². The predicted molar refractivity (Wildman–Crippen MR) is 81.9 cm³/mol. The van der Waals surface area contributed by atoms with Gasteiger partial charge >= 0.3 is 0 Å². The average Bonchev–Trinajstić information content (AvgIpc) is 2.72. The maximum atomic E-state index is 12.1. The third kappa shape index (κ3) is 3.33. The van der Waals surface area contributed by atoms with Gasteiger partial charge in [-0.1, -0.05) is 6.07 Å². The molecule has 0 unspecified atom stereocenters. The van der Waals surface area contributed by atoms with Crippen LogP contribution in [0.15, 0.2) is 41.0 Å². The summed E-state index contributed by atoms with van der Waals surface area (Å²) in [6, 6.07) is 10.5. The normalized spacial score (nSPS) is 13.4. The number of amides is 1. The highest BCUT2D eigenvalue weighted by atomic mass is 79.9. The molecule has 1 aromatic heterocycles. The molecular weight excluding hydrogens is 336 g/mol. The van der Waals surface area contributed by atoms with E-state index in [1.54, 1.807) is 36.4 Å². The Labute approximate surface area is 130 Å². The second kappa shape index (κ2) is 6.13. The summed E-state index contributed by atoms with van der Waals surface area (Å²) < 4.78 is 11.8. The van der Waals surface area contributed by atoms with Gasteiger partial charge in [0.25, 0.3) is 5.91 Å². The predicted octanol–water partition coefficient (Wildman–Crippen LogP) is 3.26. The van der Waals surface area contributed by atoms with Gasteiger partial charge in [-0.15, -0.1) is 0 Å². The lowest BCUT2D eigenvalue weighted by Crippen LogP contribution is -2.13. The minimum Gasteiger partial charge on any atom is -0.490 e. The van der Waals surface area contributed by atoms with E-state index in [4.69, 9.17) is 9.47 Å². The summed E-state index contributed by atoms with van der Waals surface area (Å²) in [6.07, 6.45) is 0.846. The van der Waals surface area contributed by atoms with Crippen molar-refractivity contribution in [1.82, 2.24) is 4.98 Å². The number of carbonyl (C=O) groups is 1. The molecule has 1 N–H and O–H groups in total. The highest BCUT2D eigenvalue weighted by molar-refractivity contribution is 9.10. The van der Waals surface area contributed by atoms with Crippen molar-refractivity contribution in [3.63, 3.8) is 0 Å². The van der Waals surface area contributed by atoms with Gasteiger partial charge in [0.15, 0.2) is 11.5 Å². The highest BCUT2D eigenvalue weighted by Crippen LogP contribution is 2.32. The van der Waals surface area contributed by atoms with Crippen LogP contribution < -0.4 is 14.8 Å². The zero-order chi connectivity index (χ0) is 14.7. The molecule has 1 amide bonds. The van der Waals surface area contributed by atoms with E-state index in [-0.39, 0.29) is 5.91 Å². The number of nitrogens with one attached hydrogen (secondary N) is 1. The second-order valence-corrected chi connectivity index (χ2v) is 5.32. The third-order valence-corrected chi connectivity index (χ3v) is 3.39. The van der Waals surface area contributed by atoms with E-state index in [9.17, 15) is 4.79 Å². The van der Waals surface area contributed by atoms with Crippen LogP contribution in [0, 0.1) is 0 Å². The number of aromatic nitrogens is 1. The molecule has 2 aromatic rings. The molecule has 1 aliphatic heterocycles. The number of hydrogen-bond donors (Lipinski definition) is 1. The van der Waals surface area contributed by atoms with Crippen molar-refractivity contribution < 1.29 is 14.3 Å². The van der Waals surface area contributed by atoms with Gasteiger partial charge in [-0.25, -0.2) is 4.98 Å². The molecule has 0 saturated carbocycles. The van der Waals surface area contributed by atoms with Crippen molar-refractivity contribution in [2.24, 2.45) is 0 Å². The zero-order valence-corrected chi connectivity index (χ0v) is 12.7. The van der Waals surface area contributed by atoms with Crippen molar-refractivity contribution in [2.75, 3.05) is 18.5 Å². The molecule has 1 aliphatic rings. The number of anilines is 1. The number of fused-ring (bicyclic) bond motifs is 1. The van der Waals surface area contributed by atoms with Gasteiger partial charge in [0.2, 0.25) is 0 Å². The van der Waals surface area contributed by atoms with E-state index in [0.29, 0.717) is 40.7 Å². The smallest absolute Gasteiger partial charge is 0.274 e. The Hall–Kier alpha value is -2.08. The Morgan fingerprint density at radius 3 is 2.76 bits per heavy atom. The first kappa shape index (κ1) is 13.9. The molecule has 0 radical (unpaired) electrons. The monoisotopic (exact) mass is 348 g/mol. The highest BCUT2D eigenvalue weighted by Gasteiger charge is 2.13. The topological polar surface area (TPSA) is 60.5 Å². The molecule has 1 aromatic carbocycles. The Kier molecular flexibility index (Phi) is 4.06. The Morgan fingerprint density at radius 2 is 1.95 bits per heavy atom. The summed E-state index contributed by atoms with van der Waals surface area (Å²) in [7, 11) is 0. The third-order valence-electron chi connectivity index (χ3n) is 2.95. The van der Waals surface area contributed by atoms with Gasteiger partial charge in [0, 0.05) is 18.2 Å². The number of ether oxygens (including phenoxy) is 2. The molecule has 0 spiro atoms. The Bertz CT molecular complexity index is 676. The molecule has 0 aliphatic carbocycles. The van der Waals surface area contributed by atoms with Crippen LogP contribution in [0.3, 0.4) is 0 Å². The minimum absolute atomic E-state index is 0.272. The summed E-state index contributed by atoms with van der Waals surface area (Å²) in [5, 5.41) is 2.80. The maximum absolute atomic E-state index is 12.1. The fourth-order valence-electron chi connectivity index (χ4n) is 1.97. The SMILES string of the molecule is O=C(Nc1ccc2c(c1)OCCCO2)c1cccc(Br)n1. The minimum atomic E-state index is -0.272. The van der Waals surface area contributed by atoms with E-state index >= 15 is 0 Å². The van der Waals surface area contributed by atoms with Crippen molar-refractivity contribution in [3.05, 3.63) is 46.7 Å². The quantitative estimate of drug-likeness (QED) is 0.846. The van der Waals surface area contributed by atoms with Crippen molar-refractivity contribution >= 4 is 27.5 Å². The molecule has 3 rings (SSSR count). The molecule has 0 saturated heterocycles. The molecule has 0 atom stereocenters. The van der Waals surface area contributed by atoms with Gasteiger partial charge in [0.1, 0.15) is 10.3 Å². The summed E-state index contributed by atoms with van der Waals surface area (Å²) in [4.78, 5) is 16.3. The fraction of sp³-hybridized carbons (Fsp3) is 0.200. The number of pyridine rings is 1. The van der Waals surface area contributed by atoms with E-state index in [2.05, 4.69) is 26.2 Å². The van der Waals surface area contributed by atoms with Crippen LogP contribution in [-0.4, -0.2) is 24.1 Å². The van der Waals surface area contributed by atoms with E-state index in [0.717, 1.165) is 6.42 Å². The van der Waals surface area contributed by atoms with Crippen LogP contribution >= 0.6 is 15.9 Å². The lowest BCUT2D eigenvalue weighted by molar-refractivity contribution is 0.102. The standard InChI is InChI=1S/C15H13BrN2O3/c16-14-4-1-3-11(18-14)15(19)17-10-5-6-12-13(9-10)21-8-2-7-20-12/h1,3-6,9H,2,7-8H2,(H,17,19).